The zero-order valence-corrected chi connectivity index (χ0v) is 21.8. The van der Waals surface area contributed by atoms with E-state index < -0.39 is 23.3 Å². The fourth-order valence-corrected chi connectivity index (χ4v) is 5.41. The van der Waals surface area contributed by atoms with Gasteiger partial charge in [-0.1, -0.05) is 20.8 Å². The van der Waals surface area contributed by atoms with Crippen LogP contribution in [-0.2, 0) is 11.2 Å². The van der Waals surface area contributed by atoms with Crippen molar-refractivity contribution in [3.8, 4) is 28.1 Å². The predicted octanol–water partition coefficient (Wildman–Crippen LogP) is 3.73. The number of carboxylic acid groups (broad SMARTS) is 2. The van der Waals surface area contributed by atoms with Crippen LogP contribution in [0.15, 0.2) is 41.6 Å². The number of pyridine rings is 1. The van der Waals surface area contributed by atoms with Gasteiger partial charge in [0, 0.05) is 60.5 Å². The summed E-state index contributed by atoms with van der Waals surface area (Å²) in [7, 11) is 1.57. The third-order valence-electron chi connectivity index (χ3n) is 7.53. The van der Waals surface area contributed by atoms with Gasteiger partial charge in [0.25, 0.3) is 0 Å². The number of benzene rings is 1. The Balaban J connectivity index is 1.57. The van der Waals surface area contributed by atoms with Crippen LogP contribution in [0.1, 0.15) is 49.2 Å². The minimum Gasteiger partial charge on any atom is -0.496 e. The number of fused-ring (bicyclic) bond motifs is 3. The molecule has 10 nitrogen and oxygen atoms in total. The van der Waals surface area contributed by atoms with Crippen LogP contribution < -0.4 is 15.1 Å². The molecular weight excluding hydrogens is 488 g/mol. The standard InChI is InChI=1S/C28H30N4O6/c1-28(2,3)24-8-16-7-19(17-11-29-27(30-12-17)31-6-5-15(13-31)25(34)35)23(38-4)9-18(16)21-10-22(33)20(26(36)37)14-32(21)24/h7,9-12,14-15,24H,5-6,8,13H2,1-4H3,(H,34,35)(H,36,37). The Hall–Kier alpha value is -4.21. The van der Waals surface area contributed by atoms with E-state index in [0.717, 1.165) is 22.3 Å². The van der Waals surface area contributed by atoms with Gasteiger partial charge in [-0.25, -0.2) is 14.8 Å². The highest BCUT2D eigenvalue weighted by Gasteiger charge is 2.34. The Morgan fingerprint density at radius 3 is 2.37 bits per heavy atom. The molecule has 0 bridgehead atoms. The second-order valence-corrected chi connectivity index (χ2v) is 11.0. The Labute approximate surface area is 219 Å². The molecule has 2 atom stereocenters. The van der Waals surface area contributed by atoms with Gasteiger partial charge < -0.3 is 24.4 Å². The van der Waals surface area contributed by atoms with Crippen molar-refractivity contribution in [2.45, 2.75) is 39.7 Å². The number of hydrogen-bond donors (Lipinski definition) is 2. The molecule has 198 valence electrons. The van der Waals surface area contributed by atoms with Gasteiger partial charge in [0.1, 0.15) is 11.3 Å². The van der Waals surface area contributed by atoms with E-state index in [1.165, 1.54) is 12.3 Å². The Bertz CT molecular complexity index is 1490. The highest BCUT2D eigenvalue weighted by Crippen LogP contribution is 2.45. The maximum atomic E-state index is 12.7. The highest BCUT2D eigenvalue weighted by molar-refractivity contribution is 5.88. The lowest BCUT2D eigenvalue weighted by atomic mass is 9.78. The van der Waals surface area contributed by atoms with Crippen molar-refractivity contribution in [2.24, 2.45) is 11.3 Å². The molecule has 0 saturated carbocycles. The first-order valence-electron chi connectivity index (χ1n) is 12.5. The van der Waals surface area contributed by atoms with E-state index in [2.05, 4.69) is 30.7 Å². The lowest BCUT2D eigenvalue weighted by Gasteiger charge is -2.39. The number of rotatable bonds is 5. The third-order valence-corrected chi connectivity index (χ3v) is 7.53. The van der Waals surface area contributed by atoms with E-state index in [4.69, 9.17) is 4.74 Å². The van der Waals surface area contributed by atoms with Gasteiger partial charge in [-0.05, 0) is 36.0 Å². The third kappa shape index (κ3) is 4.40. The second-order valence-electron chi connectivity index (χ2n) is 11.0. The van der Waals surface area contributed by atoms with Gasteiger partial charge in [0.2, 0.25) is 5.95 Å². The lowest BCUT2D eigenvalue weighted by molar-refractivity contribution is -0.140. The van der Waals surface area contributed by atoms with Crippen molar-refractivity contribution < 1.29 is 24.5 Å². The molecule has 1 saturated heterocycles. The molecule has 38 heavy (non-hydrogen) atoms. The number of carbonyl (C=O) groups is 2. The largest absolute Gasteiger partial charge is 0.496 e. The van der Waals surface area contributed by atoms with Gasteiger partial charge in [-0.3, -0.25) is 9.59 Å². The molecule has 2 aromatic heterocycles. The van der Waals surface area contributed by atoms with Crippen LogP contribution in [0.2, 0.25) is 0 Å². The zero-order chi connectivity index (χ0) is 27.4. The average molecular weight is 519 g/mol. The summed E-state index contributed by atoms with van der Waals surface area (Å²) >= 11 is 0. The van der Waals surface area contributed by atoms with Gasteiger partial charge in [-0.2, -0.15) is 0 Å². The first kappa shape index (κ1) is 25.4. The summed E-state index contributed by atoms with van der Waals surface area (Å²) < 4.78 is 7.63. The lowest BCUT2D eigenvalue weighted by Crippen LogP contribution is -2.32. The smallest absolute Gasteiger partial charge is 0.341 e. The first-order valence-corrected chi connectivity index (χ1v) is 12.5. The number of aromatic nitrogens is 3. The van der Waals surface area contributed by atoms with E-state index >= 15 is 0 Å². The van der Waals surface area contributed by atoms with E-state index in [1.807, 2.05) is 21.6 Å². The Morgan fingerprint density at radius 2 is 1.79 bits per heavy atom. The summed E-state index contributed by atoms with van der Waals surface area (Å²) in [6.07, 6.45) is 6.07. The van der Waals surface area contributed by atoms with Gasteiger partial charge in [0.15, 0.2) is 5.43 Å². The SMILES string of the molecule is COc1cc2c(cc1-c1cnc(N3CCC(C(=O)O)C3)nc1)CC(C(C)(C)C)n1cc(C(=O)O)c(=O)cc1-2. The number of aromatic carboxylic acids is 1. The normalized spacial score (nSPS) is 18.6. The van der Waals surface area contributed by atoms with E-state index in [9.17, 15) is 24.6 Å². The van der Waals surface area contributed by atoms with E-state index in [0.29, 0.717) is 43.3 Å². The van der Waals surface area contributed by atoms with Crippen LogP contribution in [0, 0.1) is 11.3 Å². The molecule has 4 heterocycles. The molecule has 5 rings (SSSR count). The molecule has 10 heteroatoms. The van der Waals surface area contributed by atoms with Crippen molar-refractivity contribution in [1.29, 1.82) is 0 Å². The van der Waals surface area contributed by atoms with Gasteiger partial charge in [-0.15, -0.1) is 0 Å². The monoisotopic (exact) mass is 518 g/mol. The zero-order valence-electron chi connectivity index (χ0n) is 21.8. The van der Waals surface area contributed by atoms with Crippen molar-refractivity contribution in [1.82, 2.24) is 14.5 Å². The summed E-state index contributed by atoms with van der Waals surface area (Å²) in [5, 5.41) is 18.8. The predicted molar refractivity (Wildman–Crippen MR) is 141 cm³/mol. The number of hydrogen-bond acceptors (Lipinski definition) is 7. The summed E-state index contributed by atoms with van der Waals surface area (Å²) in [5.41, 5.74) is 3.02. The molecular formula is C28H30N4O6. The van der Waals surface area contributed by atoms with Crippen molar-refractivity contribution in [3.05, 3.63) is 58.1 Å². The van der Waals surface area contributed by atoms with E-state index in [1.54, 1.807) is 19.5 Å². The molecule has 2 unspecified atom stereocenters. The summed E-state index contributed by atoms with van der Waals surface area (Å²) in [6, 6.07) is 5.22. The maximum absolute atomic E-state index is 12.7. The molecule has 0 aliphatic carbocycles. The highest BCUT2D eigenvalue weighted by atomic mass is 16.5. The van der Waals surface area contributed by atoms with Crippen LogP contribution in [0.3, 0.4) is 0 Å². The minimum atomic E-state index is -1.24. The van der Waals surface area contributed by atoms with Gasteiger partial charge in [0.05, 0.1) is 18.7 Å². The number of ether oxygens (including phenoxy) is 1. The average Bonchev–Trinajstić information content (AvgIpc) is 3.37. The molecule has 3 aromatic rings. The Kier molecular flexibility index (Phi) is 6.21. The molecule has 1 fully saturated rings. The number of aliphatic carboxylic acids is 1. The van der Waals surface area contributed by atoms with Crippen LogP contribution in [0.4, 0.5) is 5.95 Å². The fourth-order valence-electron chi connectivity index (χ4n) is 5.41. The molecule has 2 aliphatic heterocycles. The minimum absolute atomic E-state index is 0.0825. The van der Waals surface area contributed by atoms with Gasteiger partial charge >= 0.3 is 11.9 Å². The Morgan fingerprint density at radius 1 is 1.08 bits per heavy atom. The van der Waals surface area contributed by atoms with E-state index in [-0.39, 0.29) is 17.0 Å². The maximum Gasteiger partial charge on any atom is 0.341 e. The molecule has 0 spiro atoms. The summed E-state index contributed by atoms with van der Waals surface area (Å²) in [4.78, 5) is 46.6. The van der Waals surface area contributed by atoms with Crippen LogP contribution in [0.5, 0.6) is 5.75 Å². The molecule has 2 N–H and O–H groups in total. The van der Waals surface area contributed by atoms with Crippen molar-refractivity contribution >= 4 is 17.9 Å². The number of methoxy groups -OCH3 is 1. The molecule has 0 radical (unpaired) electrons. The molecule has 0 amide bonds. The first-order chi connectivity index (χ1) is 18.0. The molecule has 1 aromatic carbocycles. The molecule has 2 aliphatic rings. The fraction of sp³-hybridized carbons (Fsp3) is 0.393. The topological polar surface area (TPSA) is 135 Å². The van der Waals surface area contributed by atoms with Crippen LogP contribution in [0.25, 0.3) is 22.4 Å². The number of anilines is 1. The van der Waals surface area contributed by atoms with Crippen LogP contribution >= 0.6 is 0 Å². The van der Waals surface area contributed by atoms with Crippen LogP contribution in [-0.4, -0.2) is 56.9 Å². The number of nitrogens with zero attached hydrogens (tertiary/aromatic N) is 4. The summed E-state index contributed by atoms with van der Waals surface area (Å²) in [5.74, 6) is -1.41. The summed E-state index contributed by atoms with van der Waals surface area (Å²) in [6.45, 7) is 7.25. The second kappa shape index (κ2) is 9.27. The van der Waals surface area contributed by atoms with Crippen molar-refractivity contribution in [2.75, 3.05) is 25.1 Å². The van der Waals surface area contributed by atoms with Crippen molar-refractivity contribution in [3.63, 3.8) is 0 Å². The quantitative estimate of drug-likeness (QED) is 0.518. The number of carboxylic acids is 2.